The van der Waals surface area contributed by atoms with Gasteiger partial charge in [-0.25, -0.2) is 0 Å². The molecule has 1 saturated heterocycles. The van der Waals surface area contributed by atoms with E-state index < -0.39 is 0 Å². The predicted molar refractivity (Wildman–Crippen MR) is 83.0 cm³/mol. The molecule has 1 aliphatic heterocycles. The van der Waals surface area contributed by atoms with E-state index in [1.54, 1.807) is 13.2 Å². The summed E-state index contributed by atoms with van der Waals surface area (Å²) < 4.78 is 10.7. The Morgan fingerprint density at radius 3 is 2.95 bits per heavy atom. The lowest BCUT2D eigenvalue weighted by Crippen LogP contribution is -2.15. The molecule has 1 amide bonds. The van der Waals surface area contributed by atoms with Crippen molar-refractivity contribution in [2.45, 2.75) is 26.2 Å². The first kappa shape index (κ1) is 15.6. The molecule has 0 radical (unpaired) electrons. The summed E-state index contributed by atoms with van der Waals surface area (Å²) in [6.45, 7) is 4.61. The Balaban J connectivity index is 1.87. The SMILES string of the molecule is CCOc1ccc(NC(=O)CCC2CCNC2)cc1OC. The molecule has 0 aliphatic carbocycles. The fraction of sp³-hybridized carbons (Fsp3) is 0.562. The number of hydrogen-bond donors (Lipinski definition) is 2. The summed E-state index contributed by atoms with van der Waals surface area (Å²) in [5.74, 6) is 2.00. The topological polar surface area (TPSA) is 59.6 Å². The second-order valence-corrected chi connectivity index (χ2v) is 5.24. The van der Waals surface area contributed by atoms with Gasteiger partial charge in [-0.1, -0.05) is 0 Å². The van der Waals surface area contributed by atoms with E-state index in [1.165, 1.54) is 6.42 Å². The lowest BCUT2D eigenvalue weighted by molar-refractivity contribution is -0.116. The molecule has 1 aliphatic rings. The standard InChI is InChI=1S/C16H24N2O3/c1-3-21-14-6-5-13(10-15(14)20-2)18-16(19)7-4-12-8-9-17-11-12/h5-6,10,12,17H,3-4,7-9,11H2,1-2H3,(H,18,19). The van der Waals surface area contributed by atoms with E-state index in [0.29, 0.717) is 30.4 Å². The molecule has 5 heteroatoms. The zero-order chi connectivity index (χ0) is 15.1. The maximum absolute atomic E-state index is 12.0. The zero-order valence-corrected chi connectivity index (χ0v) is 12.8. The van der Waals surface area contributed by atoms with Crippen LogP contribution >= 0.6 is 0 Å². The second-order valence-electron chi connectivity index (χ2n) is 5.24. The Hall–Kier alpha value is -1.75. The van der Waals surface area contributed by atoms with E-state index in [-0.39, 0.29) is 5.91 Å². The van der Waals surface area contributed by atoms with Crippen molar-refractivity contribution in [2.75, 3.05) is 32.1 Å². The molecule has 2 N–H and O–H groups in total. The Kier molecular flexibility index (Phi) is 5.87. The van der Waals surface area contributed by atoms with Crippen molar-refractivity contribution >= 4 is 11.6 Å². The molecule has 2 rings (SSSR count). The lowest BCUT2D eigenvalue weighted by atomic mass is 10.0. The highest BCUT2D eigenvalue weighted by molar-refractivity contribution is 5.91. The zero-order valence-electron chi connectivity index (χ0n) is 12.8. The molecule has 5 nitrogen and oxygen atoms in total. The first-order valence-electron chi connectivity index (χ1n) is 7.54. The minimum atomic E-state index is 0.0492. The van der Waals surface area contributed by atoms with Crippen molar-refractivity contribution in [3.05, 3.63) is 18.2 Å². The number of nitrogens with one attached hydrogen (secondary N) is 2. The normalized spacial score (nSPS) is 17.5. The second kappa shape index (κ2) is 7.88. The number of benzene rings is 1. The van der Waals surface area contributed by atoms with Gasteiger partial charge in [-0.2, -0.15) is 0 Å². The number of amides is 1. The van der Waals surface area contributed by atoms with Crippen LogP contribution in [0.15, 0.2) is 18.2 Å². The largest absolute Gasteiger partial charge is 0.493 e. The maximum Gasteiger partial charge on any atom is 0.224 e. The molecule has 1 aromatic carbocycles. The van der Waals surface area contributed by atoms with Gasteiger partial charge in [0.15, 0.2) is 11.5 Å². The van der Waals surface area contributed by atoms with Crippen molar-refractivity contribution in [3.8, 4) is 11.5 Å². The van der Waals surface area contributed by atoms with Crippen LogP contribution < -0.4 is 20.1 Å². The van der Waals surface area contributed by atoms with Crippen LogP contribution in [0.1, 0.15) is 26.2 Å². The molecule has 1 atom stereocenters. The summed E-state index contributed by atoms with van der Waals surface area (Å²) in [4.78, 5) is 12.0. The van der Waals surface area contributed by atoms with Gasteiger partial charge in [0.1, 0.15) is 0 Å². The Morgan fingerprint density at radius 2 is 2.29 bits per heavy atom. The summed E-state index contributed by atoms with van der Waals surface area (Å²) in [6.07, 6.45) is 2.67. The third-order valence-corrected chi connectivity index (χ3v) is 3.69. The number of carbonyl (C=O) groups excluding carboxylic acids is 1. The molecular formula is C16H24N2O3. The number of hydrogen-bond acceptors (Lipinski definition) is 4. The number of anilines is 1. The van der Waals surface area contributed by atoms with Crippen molar-refractivity contribution in [1.29, 1.82) is 0 Å². The summed E-state index contributed by atoms with van der Waals surface area (Å²) in [5.41, 5.74) is 0.741. The maximum atomic E-state index is 12.0. The highest BCUT2D eigenvalue weighted by Gasteiger charge is 2.16. The van der Waals surface area contributed by atoms with E-state index >= 15 is 0 Å². The van der Waals surface area contributed by atoms with Crippen molar-refractivity contribution in [3.63, 3.8) is 0 Å². The molecule has 0 spiro atoms. The Bertz CT molecular complexity index is 471. The number of carbonyl (C=O) groups is 1. The fourth-order valence-electron chi connectivity index (χ4n) is 2.54. The molecule has 0 saturated carbocycles. The van der Waals surface area contributed by atoms with Gasteiger partial charge in [-0.05, 0) is 50.9 Å². The minimum Gasteiger partial charge on any atom is -0.493 e. The average Bonchev–Trinajstić information content (AvgIpc) is 3.00. The van der Waals surface area contributed by atoms with Crippen LogP contribution in [0.25, 0.3) is 0 Å². The summed E-state index contributed by atoms with van der Waals surface area (Å²) in [6, 6.07) is 5.45. The van der Waals surface area contributed by atoms with Gasteiger partial charge in [0.2, 0.25) is 5.91 Å². The molecule has 1 heterocycles. The van der Waals surface area contributed by atoms with E-state index in [1.807, 2.05) is 19.1 Å². The molecule has 0 bridgehead atoms. The first-order chi connectivity index (χ1) is 10.2. The Morgan fingerprint density at radius 1 is 1.43 bits per heavy atom. The molecule has 116 valence electrons. The van der Waals surface area contributed by atoms with Gasteiger partial charge < -0.3 is 20.1 Å². The van der Waals surface area contributed by atoms with Crippen LogP contribution in [0.2, 0.25) is 0 Å². The minimum absolute atomic E-state index is 0.0492. The monoisotopic (exact) mass is 292 g/mol. The van der Waals surface area contributed by atoms with Crippen LogP contribution in [0.3, 0.4) is 0 Å². The van der Waals surface area contributed by atoms with Crippen LogP contribution in [0.4, 0.5) is 5.69 Å². The number of rotatable bonds is 7. The third-order valence-electron chi connectivity index (χ3n) is 3.69. The van der Waals surface area contributed by atoms with E-state index in [2.05, 4.69) is 10.6 Å². The summed E-state index contributed by atoms with van der Waals surface area (Å²) >= 11 is 0. The molecule has 1 unspecified atom stereocenters. The van der Waals surface area contributed by atoms with Gasteiger partial charge in [-0.15, -0.1) is 0 Å². The van der Waals surface area contributed by atoms with Gasteiger partial charge in [0.05, 0.1) is 13.7 Å². The summed E-state index contributed by atoms with van der Waals surface area (Å²) in [5, 5.41) is 6.23. The predicted octanol–water partition coefficient (Wildman–Crippen LogP) is 2.42. The number of methoxy groups -OCH3 is 1. The quantitative estimate of drug-likeness (QED) is 0.810. The van der Waals surface area contributed by atoms with Gasteiger partial charge in [0.25, 0.3) is 0 Å². The smallest absolute Gasteiger partial charge is 0.224 e. The highest BCUT2D eigenvalue weighted by Crippen LogP contribution is 2.30. The first-order valence-corrected chi connectivity index (χ1v) is 7.54. The van der Waals surface area contributed by atoms with Crippen LogP contribution in [-0.4, -0.2) is 32.7 Å². The van der Waals surface area contributed by atoms with Crippen LogP contribution in [0.5, 0.6) is 11.5 Å². The van der Waals surface area contributed by atoms with E-state index in [9.17, 15) is 4.79 Å². The molecular weight excluding hydrogens is 268 g/mol. The van der Waals surface area contributed by atoms with Gasteiger partial charge >= 0.3 is 0 Å². The fourth-order valence-corrected chi connectivity index (χ4v) is 2.54. The van der Waals surface area contributed by atoms with Crippen LogP contribution in [-0.2, 0) is 4.79 Å². The average molecular weight is 292 g/mol. The molecule has 0 aromatic heterocycles. The highest BCUT2D eigenvalue weighted by atomic mass is 16.5. The van der Waals surface area contributed by atoms with Crippen molar-refractivity contribution in [2.24, 2.45) is 5.92 Å². The lowest BCUT2D eigenvalue weighted by Gasteiger charge is -2.12. The molecule has 21 heavy (non-hydrogen) atoms. The van der Waals surface area contributed by atoms with Crippen LogP contribution in [0, 0.1) is 5.92 Å². The van der Waals surface area contributed by atoms with Gasteiger partial charge in [0, 0.05) is 18.2 Å². The molecule has 1 aromatic rings. The number of ether oxygens (including phenoxy) is 2. The third kappa shape index (κ3) is 4.63. The Labute approximate surface area is 126 Å². The van der Waals surface area contributed by atoms with E-state index in [0.717, 1.165) is 25.2 Å². The van der Waals surface area contributed by atoms with E-state index in [4.69, 9.17) is 9.47 Å². The molecule has 1 fully saturated rings. The van der Waals surface area contributed by atoms with Crippen molar-refractivity contribution < 1.29 is 14.3 Å². The van der Waals surface area contributed by atoms with Gasteiger partial charge in [-0.3, -0.25) is 4.79 Å². The summed E-state index contributed by atoms with van der Waals surface area (Å²) in [7, 11) is 1.59. The van der Waals surface area contributed by atoms with Crippen molar-refractivity contribution in [1.82, 2.24) is 5.32 Å².